The van der Waals surface area contributed by atoms with Gasteiger partial charge in [0.05, 0.1) is 18.5 Å². The molecule has 1 saturated carbocycles. The van der Waals surface area contributed by atoms with E-state index in [1.807, 2.05) is 6.07 Å². The number of hydrogen-bond acceptors (Lipinski definition) is 9. The van der Waals surface area contributed by atoms with Crippen molar-refractivity contribution in [2.45, 2.75) is 63.6 Å². The van der Waals surface area contributed by atoms with Gasteiger partial charge < -0.3 is 24.3 Å². The molecule has 3 aromatic rings. The number of aliphatic hydroxyl groups is 1. The first-order valence-corrected chi connectivity index (χ1v) is 16.1. The van der Waals surface area contributed by atoms with Crippen LogP contribution in [0.25, 0.3) is 11.2 Å². The lowest BCUT2D eigenvalue weighted by molar-refractivity contribution is -0.193. The van der Waals surface area contributed by atoms with E-state index in [0.29, 0.717) is 23.1 Å². The van der Waals surface area contributed by atoms with E-state index in [-0.39, 0.29) is 23.4 Å². The third kappa shape index (κ3) is 5.64. The molecule has 0 saturated heterocycles. The van der Waals surface area contributed by atoms with Crippen LogP contribution in [0.5, 0.6) is 0 Å². The van der Waals surface area contributed by atoms with Crippen LogP contribution in [0.3, 0.4) is 0 Å². The van der Waals surface area contributed by atoms with Crippen molar-refractivity contribution >= 4 is 39.5 Å². The van der Waals surface area contributed by atoms with Crippen LogP contribution in [0.1, 0.15) is 43.6 Å². The number of anilines is 1. The summed E-state index contributed by atoms with van der Waals surface area (Å²) in [5.41, 5.74) is 1.32. The molecule has 4 rings (SSSR count). The van der Waals surface area contributed by atoms with Gasteiger partial charge in [-0.25, -0.2) is 15.0 Å². The number of carbonyl (C=O) groups is 1. The van der Waals surface area contributed by atoms with Crippen molar-refractivity contribution in [3.05, 3.63) is 48.5 Å². The van der Waals surface area contributed by atoms with Gasteiger partial charge >= 0.3 is 8.25 Å². The minimum Gasteiger partial charge on any atom is -0.566 e. The maximum Gasteiger partial charge on any atom is 0.488 e. The summed E-state index contributed by atoms with van der Waals surface area (Å²) >= 11 is 0. The topological polar surface area (TPSA) is 152 Å². The number of aliphatic hydroxyl groups excluding tert-OH is 1. The third-order valence-electron chi connectivity index (χ3n) is 7.38. The molecule has 1 aliphatic rings. The van der Waals surface area contributed by atoms with Crippen LogP contribution in [0.2, 0.25) is 18.1 Å². The van der Waals surface area contributed by atoms with E-state index >= 15 is 0 Å². The molecule has 198 valence electrons. The monoisotopic (exact) mass is 545 g/mol. The molecule has 2 heterocycles. The summed E-state index contributed by atoms with van der Waals surface area (Å²) in [6, 6.07) is 8.35. The standard InChI is InChI=1S/C24H32N5O6PSi/c1-24(2,3)37(4,5)35-20-17(11-16(12-30)19(20)34-36(32)33)29-14-27-18-21(25-13-26-22(18)29)28-23(31)15-9-7-6-8-10-15/h6-10,13-14,16-17,19-20,30H,11-12H2,1-5H3,(H,25,26,28,31)/t16-,17-,19-,20+/m1/s1. The van der Waals surface area contributed by atoms with Gasteiger partial charge in [0, 0.05) is 18.1 Å². The molecular weight excluding hydrogens is 513 g/mol. The normalized spacial score (nSPS) is 22.8. The van der Waals surface area contributed by atoms with Crippen LogP contribution in [-0.2, 0) is 13.5 Å². The first-order valence-electron chi connectivity index (χ1n) is 12.1. The molecule has 1 fully saturated rings. The summed E-state index contributed by atoms with van der Waals surface area (Å²) in [4.78, 5) is 37.4. The highest BCUT2D eigenvalue weighted by atomic mass is 31.1. The molecule has 13 heteroatoms. The van der Waals surface area contributed by atoms with Gasteiger partial charge in [0.1, 0.15) is 12.4 Å². The zero-order chi connectivity index (χ0) is 27.0. The molecule has 0 aliphatic heterocycles. The second-order valence-corrected chi connectivity index (χ2v) is 16.2. The van der Waals surface area contributed by atoms with Gasteiger partial charge in [-0.05, 0) is 41.3 Å². The fourth-order valence-corrected chi connectivity index (χ4v) is 6.20. The van der Waals surface area contributed by atoms with Gasteiger partial charge in [-0.15, -0.1) is 4.52 Å². The van der Waals surface area contributed by atoms with Gasteiger partial charge in [0.2, 0.25) is 0 Å². The van der Waals surface area contributed by atoms with Crippen LogP contribution in [0.4, 0.5) is 5.82 Å². The summed E-state index contributed by atoms with van der Waals surface area (Å²) in [5, 5.41) is 12.7. The predicted molar refractivity (Wildman–Crippen MR) is 138 cm³/mol. The van der Waals surface area contributed by atoms with E-state index in [0.717, 1.165) is 0 Å². The quantitative estimate of drug-likeness (QED) is 0.320. The van der Waals surface area contributed by atoms with Gasteiger partial charge in [0.25, 0.3) is 5.91 Å². The molecule has 1 unspecified atom stereocenters. The highest BCUT2D eigenvalue weighted by Crippen LogP contribution is 2.47. The number of hydrogen-bond donors (Lipinski definition) is 2. The second kappa shape index (κ2) is 10.6. The van der Waals surface area contributed by atoms with Crippen molar-refractivity contribution in [1.29, 1.82) is 0 Å². The van der Waals surface area contributed by atoms with Gasteiger partial charge in [-0.1, -0.05) is 39.0 Å². The fourth-order valence-electron chi connectivity index (χ4n) is 4.38. The lowest BCUT2D eigenvalue weighted by atomic mass is 10.1. The summed E-state index contributed by atoms with van der Waals surface area (Å²) in [6.07, 6.45) is 1.79. The molecule has 0 spiro atoms. The van der Waals surface area contributed by atoms with E-state index in [9.17, 15) is 19.4 Å². The van der Waals surface area contributed by atoms with Gasteiger partial charge in [-0.3, -0.25) is 4.79 Å². The third-order valence-corrected chi connectivity index (χ3v) is 12.3. The summed E-state index contributed by atoms with van der Waals surface area (Å²) in [6.45, 7) is 10.2. The van der Waals surface area contributed by atoms with Crippen molar-refractivity contribution in [2.24, 2.45) is 5.92 Å². The number of carbonyl (C=O) groups excluding carboxylic acids is 1. The largest absolute Gasteiger partial charge is 0.566 e. The molecule has 1 aliphatic carbocycles. The van der Waals surface area contributed by atoms with Crippen molar-refractivity contribution in [1.82, 2.24) is 19.5 Å². The Morgan fingerprint density at radius 2 is 1.92 bits per heavy atom. The molecule has 2 aromatic heterocycles. The highest BCUT2D eigenvalue weighted by Gasteiger charge is 2.52. The zero-order valence-electron chi connectivity index (χ0n) is 21.5. The van der Waals surface area contributed by atoms with Crippen molar-refractivity contribution in [3.8, 4) is 0 Å². The molecule has 1 amide bonds. The Bertz CT molecular complexity index is 1280. The number of aromatic nitrogens is 4. The Kier molecular flexibility index (Phi) is 7.89. The second-order valence-electron chi connectivity index (χ2n) is 10.7. The van der Waals surface area contributed by atoms with Crippen molar-refractivity contribution in [2.75, 3.05) is 11.9 Å². The molecule has 0 radical (unpaired) electrons. The minimum atomic E-state index is -3.16. The van der Waals surface area contributed by atoms with E-state index in [4.69, 9.17) is 8.95 Å². The molecular formula is C24H32N5O6PSi. The number of nitrogens with zero attached hydrogens (tertiary/aromatic N) is 4. The Morgan fingerprint density at radius 1 is 1.22 bits per heavy atom. The number of nitrogens with one attached hydrogen (secondary N) is 1. The average Bonchev–Trinajstić information content (AvgIpc) is 3.40. The molecule has 1 aromatic carbocycles. The van der Waals surface area contributed by atoms with Crippen LogP contribution in [-0.4, -0.2) is 57.7 Å². The lowest BCUT2D eigenvalue weighted by Gasteiger charge is -2.40. The van der Waals surface area contributed by atoms with Crippen LogP contribution < -0.4 is 10.2 Å². The summed E-state index contributed by atoms with van der Waals surface area (Å²) in [7, 11) is -5.54. The summed E-state index contributed by atoms with van der Waals surface area (Å²) < 4.78 is 25.4. The number of imidazole rings is 1. The first-order chi connectivity index (χ1) is 17.4. The molecule has 37 heavy (non-hydrogen) atoms. The SMILES string of the molecule is CC(C)(C)[Si](C)(C)O[C@@H]1[C@H](O[P+](=O)[O-])[C@@H](CO)C[C@H]1n1cnc2c(NC(=O)c3ccccc3)ncnc21. The number of rotatable bonds is 8. The number of amides is 1. The maximum atomic E-state index is 12.7. The molecule has 11 nitrogen and oxygen atoms in total. The number of benzene rings is 1. The zero-order valence-corrected chi connectivity index (χ0v) is 23.4. The van der Waals surface area contributed by atoms with Gasteiger partial charge in [0.15, 0.2) is 25.3 Å². The number of fused-ring (bicyclic) bond motifs is 1. The molecule has 5 atom stereocenters. The van der Waals surface area contributed by atoms with Crippen molar-refractivity contribution < 1.29 is 28.3 Å². The predicted octanol–water partition coefficient (Wildman–Crippen LogP) is 3.43. The Morgan fingerprint density at radius 3 is 2.54 bits per heavy atom. The lowest BCUT2D eigenvalue weighted by Crippen LogP contribution is -2.48. The Balaban J connectivity index is 1.72. The van der Waals surface area contributed by atoms with E-state index in [1.165, 1.54) is 6.33 Å². The van der Waals surface area contributed by atoms with Gasteiger partial charge in [-0.2, -0.15) is 0 Å². The van der Waals surface area contributed by atoms with Crippen LogP contribution in [0.15, 0.2) is 43.0 Å². The Labute approximate surface area is 217 Å². The molecule has 2 N–H and O–H groups in total. The summed E-state index contributed by atoms with van der Waals surface area (Å²) in [5.74, 6) is -0.543. The smallest absolute Gasteiger partial charge is 0.488 e. The van der Waals surface area contributed by atoms with Crippen molar-refractivity contribution in [3.63, 3.8) is 0 Å². The van der Waals surface area contributed by atoms with E-state index in [2.05, 4.69) is 54.1 Å². The average molecular weight is 546 g/mol. The highest BCUT2D eigenvalue weighted by molar-refractivity contribution is 7.30. The first kappa shape index (κ1) is 27.4. The Hall–Kier alpha value is -2.60. The van der Waals surface area contributed by atoms with E-state index in [1.54, 1.807) is 35.2 Å². The van der Waals surface area contributed by atoms with Crippen LogP contribution >= 0.6 is 8.25 Å². The van der Waals surface area contributed by atoms with E-state index < -0.39 is 40.7 Å². The minimum absolute atomic E-state index is 0.146. The fraction of sp³-hybridized carbons (Fsp3) is 0.500. The maximum absolute atomic E-state index is 12.7. The van der Waals surface area contributed by atoms with Crippen LogP contribution in [0, 0.1) is 5.92 Å². The molecule has 0 bridgehead atoms.